The molecule has 1 aromatic rings. The van der Waals surface area contributed by atoms with Gasteiger partial charge in [0.15, 0.2) is 0 Å². The van der Waals surface area contributed by atoms with E-state index < -0.39 is 0 Å². The minimum absolute atomic E-state index is 0.202. The number of benzene rings is 1. The number of nitrogen functional groups attached to an aromatic ring is 1. The number of anilines is 1. The number of hydrogen-bond donors (Lipinski definition) is 1. The van der Waals surface area contributed by atoms with E-state index in [1.165, 1.54) is 25.7 Å². The molecule has 0 saturated carbocycles. The second kappa shape index (κ2) is 7.44. The largest absolute Gasteiger partial charge is 0.489 e. The first-order chi connectivity index (χ1) is 8.13. The normalized spacial score (nSPS) is 12.4. The average molecular weight is 256 g/mol. The van der Waals surface area contributed by atoms with E-state index in [4.69, 9.17) is 22.1 Å². The highest BCUT2D eigenvalue weighted by atomic mass is 35.5. The molecule has 0 aliphatic heterocycles. The maximum absolute atomic E-state index is 6.05. The van der Waals surface area contributed by atoms with Crippen LogP contribution in [-0.4, -0.2) is 6.10 Å². The van der Waals surface area contributed by atoms with E-state index in [2.05, 4.69) is 13.8 Å². The van der Waals surface area contributed by atoms with E-state index in [0.717, 1.165) is 12.2 Å². The van der Waals surface area contributed by atoms with Gasteiger partial charge in [0, 0.05) is 5.69 Å². The molecular weight excluding hydrogens is 234 g/mol. The number of ether oxygens (including phenoxy) is 1. The molecule has 0 radical (unpaired) electrons. The monoisotopic (exact) mass is 255 g/mol. The molecule has 2 nitrogen and oxygen atoms in total. The summed E-state index contributed by atoms with van der Waals surface area (Å²) in [5.41, 5.74) is 6.30. The van der Waals surface area contributed by atoms with Crippen molar-refractivity contribution in [2.45, 2.75) is 52.1 Å². The van der Waals surface area contributed by atoms with Crippen molar-refractivity contribution in [1.82, 2.24) is 0 Å². The van der Waals surface area contributed by atoms with Crippen molar-refractivity contribution in [2.24, 2.45) is 0 Å². The molecule has 0 unspecified atom stereocenters. The predicted octanol–water partition coefficient (Wildman–Crippen LogP) is 4.66. The molecule has 0 aromatic heterocycles. The Hall–Kier alpha value is -0.890. The molecule has 0 fully saturated rings. The minimum atomic E-state index is 0.202. The second-order valence-corrected chi connectivity index (χ2v) is 4.87. The van der Waals surface area contributed by atoms with Gasteiger partial charge in [-0.25, -0.2) is 0 Å². The van der Waals surface area contributed by atoms with Gasteiger partial charge in [-0.2, -0.15) is 0 Å². The Kier molecular flexibility index (Phi) is 6.20. The van der Waals surface area contributed by atoms with E-state index >= 15 is 0 Å². The first kappa shape index (κ1) is 14.2. The molecule has 0 bridgehead atoms. The van der Waals surface area contributed by atoms with E-state index in [1.807, 2.05) is 12.1 Å². The van der Waals surface area contributed by atoms with E-state index in [9.17, 15) is 0 Å². The van der Waals surface area contributed by atoms with Crippen molar-refractivity contribution in [3.63, 3.8) is 0 Å². The van der Waals surface area contributed by atoms with Gasteiger partial charge in [0.2, 0.25) is 0 Å². The van der Waals surface area contributed by atoms with Crippen molar-refractivity contribution in [3.05, 3.63) is 23.2 Å². The smallest absolute Gasteiger partial charge is 0.138 e. The fourth-order valence-electron chi connectivity index (χ4n) is 1.75. The number of halogens is 1. The molecule has 1 aromatic carbocycles. The molecule has 96 valence electrons. The Bertz CT molecular complexity index is 341. The first-order valence-corrected chi connectivity index (χ1v) is 6.73. The topological polar surface area (TPSA) is 35.2 Å². The predicted molar refractivity (Wildman–Crippen MR) is 74.7 cm³/mol. The number of unbranched alkanes of at least 4 members (excludes halogenated alkanes) is 3. The third-order valence-corrected chi connectivity index (χ3v) is 3.04. The summed E-state index contributed by atoms with van der Waals surface area (Å²) < 4.78 is 5.79. The molecule has 0 amide bonds. The van der Waals surface area contributed by atoms with Crippen LogP contribution in [0.2, 0.25) is 5.02 Å². The zero-order valence-electron chi connectivity index (χ0n) is 10.7. The quantitative estimate of drug-likeness (QED) is 0.568. The maximum atomic E-state index is 6.05. The highest BCUT2D eigenvalue weighted by molar-refractivity contribution is 6.32. The van der Waals surface area contributed by atoms with Crippen LogP contribution in [0.25, 0.3) is 0 Å². The molecule has 3 heteroatoms. The van der Waals surface area contributed by atoms with Crippen LogP contribution in [0, 0.1) is 0 Å². The van der Waals surface area contributed by atoms with Crippen LogP contribution in [0.15, 0.2) is 18.2 Å². The highest BCUT2D eigenvalue weighted by Crippen LogP contribution is 2.27. The summed E-state index contributed by atoms with van der Waals surface area (Å²) in [6.45, 7) is 4.30. The highest BCUT2D eigenvalue weighted by Gasteiger charge is 2.07. The molecule has 0 heterocycles. The summed E-state index contributed by atoms with van der Waals surface area (Å²) in [5.74, 6) is 0.726. The SMILES string of the molecule is CCCCCC[C@@H](C)Oc1ccc(N)cc1Cl. The zero-order valence-corrected chi connectivity index (χ0v) is 11.5. The van der Waals surface area contributed by atoms with E-state index in [1.54, 1.807) is 6.07 Å². The summed E-state index contributed by atoms with van der Waals surface area (Å²) in [6, 6.07) is 5.37. The molecular formula is C14H22ClNO. The molecule has 1 rings (SSSR count). The van der Waals surface area contributed by atoms with Crippen molar-refractivity contribution < 1.29 is 4.74 Å². The minimum Gasteiger partial charge on any atom is -0.489 e. The zero-order chi connectivity index (χ0) is 12.7. The van der Waals surface area contributed by atoms with Gasteiger partial charge in [-0.05, 0) is 38.0 Å². The molecule has 0 saturated heterocycles. The number of nitrogens with two attached hydrogens (primary N) is 1. The van der Waals surface area contributed by atoms with Gasteiger partial charge in [-0.1, -0.05) is 37.8 Å². The lowest BCUT2D eigenvalue weighted by atomic mass is 10.1. The number of rotatable bonds is 7. The fourth-order valence-corrected chi connectivity index (χ4v) is 1.98. The summed E-state index contributed by atoms with van der Waals surface area (Å²) in [4.78, 5) is 0. The first-order valence-electron chi connectivity index (χ1n) is 6.35. The Morgan fingerprint density at radius 1 is 1.29 bits per heavy atom. The van der Waals surface area contributed by atoms with E-state index in [0.29, 0.717) is 10.7 Å². The van der Waals surface area contributed by atoms with Crippen LogP contribution in [0.5, 0.6) is 5.75 Å². The van der Waals surface area contributed by atoms with Gasteiger partial charge >= 0.3 is 0 Å². The van der Waals surface area contributed by atoms with Crippen molar-refractivity contribution in [1.29, 1.82) is 0 Å². The maximum Gasteiger partial charge on any atom is 0.138 e. The molecule has 0 spiro atoms. The number of hydrogen-bond acceptors (Lipinski definition) is 2. The standard InChI is InChI=1S/C14H22ClNO/c1-3-4-5-6-7-11(2)17-14-9-8-12(16)10-13(14)15/h8-11H,3-7,16H2,1-2H3/t11-/m1/s1. The lowest BCUT2D eigenvalue weighted by Crippen LogP contribution is -2.11. The van der Waals surface area contributed by atoms with Crippen LogP contribution >= 0.6 is 11.6 Å². The van der Waals surface area contributed by atoms with Gasteiger partial charge in [-0.3, -0.25) is 0 Å². The molecule has 17 heavy (non-hydrogen) atoms. The van der Waals surface area contributed by atoms with Crippen LogP contribution < -0.4 is 10.5 Å². The third-order valence-electron chi connectivity index (χ3n) is 2.75. The van der Waals surface area contributed by atoms with Crippen LogP contribution in [0.4, 0.5) is 5.69 Å². The summed E-state index contributed by atoms with van der Waals surface area (Å²) >= 11 is 6.05. The Morgan fingerprint density at radius 2 is 2.06 bits per heavy atom. The third kappa shape index (κ3) is 5.31. The van der Waals surface area contributed by atoms with Crippen molar-refractivity contribution >= 4 is 17.3 Å². The van der Waals surface area contributed by atoms with Crippen LogP contribution in [-0.2, 0) is 0 Å². The second-order valence-electron chi connectivity index (χ2n) is 4.47. The lowest BCUT2D eigenvalue weighted by Gasteiger charge is -2.15. The Balaban J connectivity index is 2.37. The Morgan fingerprint density at radius 3 is 2.71 bits per heavy atom. The molecule has 0 aliphatic carbocycles. The molecule has 0 aliphatic rings. The van der Waals surface area contributed by atoms with Crippen molar-refractivity contribution in [3.8, 4) is 5.75 Å². The van der Waals surface area contributed by atoms with Gasteiger partial charge in [0.1, 0.15) is 5.75 Å². The van der Waals surface area contributed by atoms with Crippen LogP contribution in [0.1, 0.15) is 46.0 Å². The van der Waals surface area contributed by atoms with Gasteiger partial charge in [0.25, 0.3) is 0 Å². The fraction of sp³-hybridized carbons (Fsp3) is 0.571. The van der Waals surface area contributed by atoms with Gasteiger partial charge in [0.05, 0.1) is 11.1 Å². The summed E-state index contributed by atoms with van der Waals surface area (Å²) in [6.07, 6.45) is 6.32. The molecule has 1 atom stereocenters. The van der Waals surface area contributed by atoms with Gasteiger partial charge < -0.3 is 10.5 Å². The summed E-state index contributed by atoms with van der Waals surface area (Å²) in [7, 11) is 0. The summed E-state index contributed by atoms with van der Waals surface area (Å²) in [5, 5.41) is 0.588. The van der Waals surface area contributed by atoms with Gasteiger partial charge in [-0.15, -0.1) is 0 Å². The molecule has 2 N–H and O–H groups in total. The van der Waals surface area contributed by atoms with Crippen LogP contribution in [0.3, 0.4) is 0 Å². The Labute approximate surface area is 109 Å². The van der Waals surface area contributed by atoms with Crippen molar-refractivity contribution in [2.75, 3.05) is 5.73 Å². The van der Waals surface area contributed by atoms with E-state index in [-0.39, 0.29) is 6.10 Å². The average Bonchev–Trinajstić information content (AvgIpc) is 2.28. The lowest BCUT2D eigenvalue weighted by molar-refractivity contribution is 0.206.